The van der Waals surface area contributed by atoms with Crippen LogP contribution in [0.2, 0.25) is 0 Å². The molecule has 0 bridgehead atoms. The molecule has 0 nitrogen and oxygen atoms in total. The van der Waals surface area contributed by atoms with Crippen LogP contribution < -0.4 is 0 Å². The maximum Gasteiger partial charge on any atom is -0.00470 e. The first-order valence-corrected chi connectivity index (χ1v) is 6.84. The zero-order valence-corrected chi connectivity index (χ0v) is 10.8. The van der Waals surface area contributed by atoms with Crippen LogP contribution in [0.5, 0.6) is 0 Å². The van der Waals surface area contributed by atoms with Gasteiger partial charge in [-0.05, 0) is 37.2 Å². The highest BCUT2D eigenvalue weighted by Gasteiger charge is 2.32. The zero-order chi connectivity index (χ0) is 11.4. The second-order valence-electron chi connectivity index (χ2n) is 5.46. The molecule has 1 aliphatic rings. The van der Waals surface area contributed by atoms with Gasteiger partial charge in [0.05, 0.1) is 0 Å². The first-order valence-electron chi connectivity index (χ1n) is 6.84. The molecule has 1 aromatic rings. The molecule has 16 heavy (non-hydrogen) atoms. The summed E-state index contributed by atoms with van der Waals surface area (Å²) < 4.78 is 0. The van der Waals surface area contributed by atoms with Crippen LogP contribution >= 0.6 is 0 Å². The van der Waals surface area contributed by atoms with Crippen LogP contribution in [0, 0.1) is 6.92 Å². The third-order valence-corrected chi connectivity index (χ3v) is 4.17. The number of aryl methyl sites for hydroxylation is 1. The average molecular weight is 216 g/mol. The molecule has 0 aliphatic heterocycles. The predicted octanol–water partition coefficient (Wildman–Crippen LogP) is 5.00. The number of hydrogen-bond acceptors (Lipinski definition) is 0. The molecular formula is C16H24. The Hall–Kier alpha value is -0.780. The van der Waals surface area contributed by atoms with Gasteiger partial charge >= 0.3 is 0 Å². The minimum Gasteiger partial charge on any atom is -0.0654 e. The predicted molar refractivity (Wildman–Crippen MR) is 70.9 cm³/mol. The van der Waals surface area contributed by atoms with Crippen LogP contribution in [0.3, 0.4) is 0 Å². The van der Waals surface area contributed by atoms with Gasteiger partial charge in [-0.2, -0.15) is 0 Å². The molecule has 0 radical (unpaired) electrons. The SMILES string of the molecule is CCCC1(c2cccc(C)c2)CCCCC1. The van der Waals surface area contributed by atoms with Gasteiger partial charge < -0.3 is 0 Å². The van der Waals surface area contributed by atoms with Crippen molar-refractivity contribution in [1.29, 1.82) is 0 Å². The van der Waals surface area contributed by atoms with Crippen LogP contribution in [-0.4, -0.2) is 0 Å². The fraction of sp³-hybridized carbons (Fsp3) is 0.625. The Labute approximate surface area is 100 Å². The summed E-state index contributed by atoms with van der Waals surface area (Å²) in [5.41, 5.74) is 3.53. The third-order valence-electron chi connectivity index (χ3n) is 4.17. The Bertz CT molecular complexity index is 326. The van der Waals surface area contributed by atoms with E-state index in [2.05, 4.69) is 38.1 Å². The van der Waals surface area contributed by atoms with E-state index in [9.17, 15) is 0 Å². The van der Waals surface area contributed by atoms with Gasteiger partial charge in [-0.25, -0.2) is 0 Å². The Kier molecular flexibility index (Phi) is 3.68. The van der Waals surface area contributed by atoms with Crippen molar-refractivity contribution in [2.45, 2.75) is 64.2 Å². The quantitative estimate of drug-likeness (QED) is 0.667. The lowest BCUT2D eigenvalue weighted by Crippen LogP contribution is -2.28. The Balaban J connectivity index is 2.30. The molecule has 0 atom stereocenters. The lowest BCUT2D eigenvalue weighted by molar-refractivity contribution is 0.271. The summed E-state index contributed by atoms with van der Waals surface area (Å²) in [4.78, 5) is 0. The van der Waals surface area contributed by atoms with Crippen molar-refractivity contribution in [2.75, 3.05) is 0 Å². The molecule has 2 rings (SSSR count). The largest absolute Gasteiger partial charge is 0.0654 e. The molecule has 0 amide bonds. The van der Waals surface area contributed by atoms with Gasteiger partial charge in [-0.3, -0.25) is 0 Å². The highest BCUT2D eigenvalue weighted by Crippen LogP contribution is 2.43. The van der Waals surface area contributed by atoms with Crippen molar-refractivity contribution in [2.24, 2.45) is 0 Å². The second kappa shape index (κ2) is 5.03. The van der Waals surface area contributed by atoms with E-state index in [4.69, 9.17) is 0 Å². The summed E-state index contributed by atoms with van der Waals surface area (Å²) in [5, 5.41) is 0. The van der Waals surface area contributed by atoms with E-state index in [0.29, 0.717) is 5.41 Å². The smallest absolute Gasteiger partial charge is 0.00470 e. The summed E-state index contributed by atoms with van der Waals surface area (Å²) in [7, 11) is 0. The van der Waals surface area contributed by atoms with E-state index in [-0.39, 0.29) is 0 Å². The zero-order valence-electron chi connectivity index (χ0n) is 10.8. The van der Waals surface area contributed by atoms with E-state index in [0.717, 1.165) is 0 Å². The highest BCUT2D eigenvalue weighted by molar-refractivity contribution is 5.30. The molecule has 1 fully saturated rings. The summed E-state index contributed by atoms with van der Waals surface area (Å²) in [6.45, 7) is 4.54. The number of hydrogen-bond donors (Lipinski definition) is 0. The van der Waals surface area contributed by atoms with Crippen molar-refractivity contribution in [1.82, 2.24) is 0 Å². The molecule has 0 saturated heterocycles. The third kappa shape index (κ3) is 2.31. The molecule has 1 aromatic carbocycles. The molecule has 0 unspecified atom stereocenters. The maximum absolute atomic E-state index is 2.42. The van der Waals surface area contributed by atoms with Gasteiger partial charge in [-0.15, -0.1) is 0 Å². The van der Waals surface area contributed by atoms with Gasteiger partial charge in [0.15, 0.2) is 0 Å². The normalized spacial score (nSPS) is 19.6. The van der Waals surface area contributed by atoms with Gasteiger partial charge in [0.2, 0.25) is 0 Å². The van der Waals surface area contributed by atoms with Crippen molar-refractivity contribution >= 4 is 0 Å². The molecule has 0 heterocycles. The summed E-state index contributed by atoms with van der Waals surface area (Å²) in [5.74, 6) is 0. The maximum atomic E-state index is 2.42. The molecule has 0 spiro atoms. The van der Waals surface area contributed by atoms with Crippen LogP contribution in [-0.2, 0) is 5.41 Å². The van der Waals surface area contributed by atoms with Gasteiger partial charge in [-0.1, -0.05) is 62.4 Å². The minimum absolute atomic E-state index is 0.513. The van der Waals surface area contributed by atoms with Crippen molar-refractivity contribution in [3.8, 4) is 0 Å². The lowest BCUT2D eigenvalue weighted by Gasteiger charge is -2.38. The Morgan fingerprint density at radius 2 is 1.88 bits per heavy atom. The molecule has 0 aromatic heterocycles. The van der Waals surface area contributed by atoms with Crippen LogP contribution in [0.15, 0.2) is 24.3 Å². The average Bonchev–Trinajstić information content (AvgIpc) is 2.31. The van der Waals surface area contributed by atoms with Crippen molar-refractivity contribution < 1.29 is 0 Å². The van der Waals surface area contributed by atoms with E-state index < -0.39 is 0 Å². The van der Waals surface area contributed by atoms with E-state index in [1.54, 1.807) is 5.56 Å². The molecule has 88 valence electrons. The van der Waals surface area contributed by atoms with Gasteiger partial charge in [0.1, 0.15) is 0 Å². The van der Waals surface area contributed by atoms with Gasteiger partial charge in [0, 0.05) is 0 Å². The van der Waals surface area contributed by atoms with Crippen LogP contribution in [0.4, 0.5) is 0 Å². The minimum atomic E-state index is 0.513. The standard InChI is InChI=1S/C16H24/c1-3-10-16(11-5-4-6-12-16)15-9-7-8-14(2)13-15/h7-9,13H,3-6,10-12H2,1-2H3. The summed E-state index contributed by atoms with van der Waals surface area (Å²) in [6.07, 6.45) is 9.79. The van der Waals surface area contributed by atoms with Crippen LogP contribution in [0.25, 0.3) is 0 Å². The second-order valence-corrected chi connectivity index (χ2v) is 5.46. The molecule has 0 N–H and O–H groups in total. The first kappa shape index (κ1) is 11.7. The first-order chi connectivity index (χ1) is 7.77. The van der Waals surface area contributed by atoms with Crippen LogP contribution in [0.1, 0.15) is 63.0 Å². The molecule has 0 heteroatoms. The monoisotopic (exact) mass is 216 g/mol. The summed E-state index contributed by atoms with van der Waals surface area (Å²) >= 11 is 0. The van der Waals surface area contributed by atoms with E-state index in [1.807, 2.05) is 0 Å². The fourth-order valence-electron chi connectivity index (χ4n) is 3.37. The number of benzene rings is 1. The van der Waals surface area contributed by atoms with E-state index >= 15 is 0 Å². The Morgan fingerprint density at radius 1 is 1.12 bits per heavy atom. The summed E-state index contributed by atoms with van der Waals surface area (Å²) in [6, 6.07) is 9.22. The highest BCUT2D eigenvalue weighted by atomic mass is 14.4. The Morgan fingerprint density at radius 3 is 2.50 bits per heavy atom. The molecule has 1 aliphatic carbocycles. The molecular weight excluding hydrogens is 192 g/mol. The fourth-order valence-corrected chi connectivity index (χ4v) is 3.37. The van der Waals surface area contributed by atoms with E-state index in [1.165, 1.54) is 50.5 Å². The number of rotatable bonds is 3. The molecule has 1 saturated carbocycles. The van der Waals surface area contributed by atoms with Gasteiger partial charge in [0.25, 0.3) is 0 Å². The van der Waals surface area contributed by atoms with Crippen molar-refractivity contribution in [3.63, 3.8) is 0 Å². The topological polar surface area (TPSA) is 0 Å². The lowest BCUT2D eigenvalue weighted by atomic mass is 9.67. The van der Waals surface area contributed by atoms with Crippen molar-refractivity contribution in [3.05, 3.63) is 35.4 Å².